The van der Waals surface area contributed by atoms with Crippen molar-refractivity contribution < 1.29 is 18.0 Å². The first kappa shape index (κ1) is 17.5. The molecule has 0 spiro atoms. The average molecular weight is 386 g/mol. The van der Waals surface area contributed by atoms with Crippen LogP contribution in [-0.4, -0.2) is 10.9 Å². The van der Waals surface area contributed by atoms with Gasteiger partial charge in [-0.1, -0.05) is 59.9 Å². The Hall–Kier alpha value is -2.93. The third kappa shape index (κ3) is 3.50. The molecule has 1 aromatic heterocycles. The van der Waals surface area contributed by atoms with Crippen LogP contribution in [0.1, 0.15) is 11.1 Å². The summed E-state index contributed by atoms with van der Waals surface area (Å²) >= 11 is 1.03. The lowest BCUT2D eigenvalue weighted by molar-refractivity contribution is -0.136. The number of alkyl halides is 3. The van der Waals surface area contributed by atoms with Crippen molar-refractivity contribution in [3.05, 3.63) is 71.8 Å². The van der Waals surface area contributed by atoms with Gasteiger partial charge in [-0.2, -0.15) is 13.2 Å². The first-order valence-electron chi connectivity index (χ1n) is 8.15. The predicted octanol–water partition coefficient (Wildman–Crippen LogP) is 5.65. The molecule has 0 saturated carbocycles. The molecule has 0 atom stereocenters. The summed E-state index contributed by atoms with van der Waals surface area (Å²) in [5.41, 5.74) is -0.0936. The molecule has 0 aliphatic heterocycles. The van der Waals surface area contributed by atoms with Crippen LogP contribution in [0.4, 0.5) is 18.3 Å². The molecular weight excluding hydrogens is 373 g/mol. The summed E-state index contributed by atoms with van der Waals surface area (Å²) in [6.07, 6.45) is -4.37. The fraction of sp³-hybridized carbons (Fsp3) is 0.100. The Balaban J connectivity index is 1.60. The van der Waals surface area contributed by atoms with E-state index >= 15 is 0 Å². The van der Waals surface area contributed by atoms with Crippen LogP contribution in [0, 0.1) is 0 Å². The molecule has 0 radical (unpaired) electrons. The molecule has 4 rings (SSSR count). The molecule has 1 heterocycles. The number of halogens is 3. The lowest BCUT2D eigenvalue weighted by Crippen LogP contribution is -2.14. The lowest BCUT2D eigenvalue weighted by atomic mass is 10.0. The number of amides is 1. The number of rotatable bonds is 3. The van der Waals surface area contributed by atoms with Gasteiger partial charge in [0.25, 0.3) is 0 Å². The molecule has 0 fully saturated rings. The monoisotopic (exact) mass is 386 g/mol. The van der Waals surface area contributed by atoms with E-state index in [1.165, 1.54) is 6.07 Å². The van der Waals surface area contributed by atoms with Gasteiger partial charge in [-0.3, -0.25) is 4.79 Å². The van der Waals surface area contributed by atoms with Crippen molar-refractivity contribution in [1.29, 1.82) is 0 Å². The number of carbonyl (C=O) groups is 1. The summed E-state index contributed by atoms with van der Waals surface area (Å²) < 4.78 is 39.7. The Kier molecular flexibility index (Phi) is 4.31. The minimum Gasteiger partial charge on any atom is -0.302 e. The van der Waals surface area contributed by atoms with E-state index in [0.29, 0.717) is 4.70 Å². The maximum Gasteiger partial charge on any atom is 0.418 e. The van der Waals surface area contributed by atoms with E-state index < -0.39 is 11.7 Å². The molecular formula is C20H13F3N2OS. The second-order valence-electron chi connectivity index (χ2n) is 6.03. The van der Waals surface area contributed by atoms with Crippen molar-refractivity contribution in [2.24, 2.45) is 0 Å². The van der Waals surface area contributed by atoms with Crippen molar-refractivity contribution in [3.63, 3.8) is 0 Å². The molecule has 1 amide bonds. The topological polar surface area (TPSA) is 42.0 Å². The van der Waals surface area contributed by atoms with E-state index in [1.54, 1.807) is 6.07 Å². The van der Waals surface area contributed by atoms with Gasteiger partial charge in [-0.25, -0.2) is 4.98 Å². The van der Waals surface area contributed by atoms with Gasteiger partial charge < -0.3 is 5.32 Å². The molecule has 7 heteroatoms. The van der Waals surface area contributed by atoms with Gasteiger partial charge in [0, 0.05) is 0 Å². The molecule has 3 nitrogen and oxygen atoms in total. The van der Waals surface area contributed by atoms with E-state index in [2.05, 4.69) is 10.3 Å². The number of benzene rings is 3. The maximum atomic E-state index is 13.1. The van der Waals surface area contributed by atoms with Crippen LogP contribution in [0.15, 0.2) is 60.7 Å². The summed E-state index contributed by atoms with van der Waals surface area (Å²) in [7, 11) is 0. The van der Waals surface area contributed by atoms with E-state index in [9.17, 15) is 18.0 Å². The highest BCUT2D eigenvalue weighted by Crippen LogP contribution is 2.37. The van der Waals surface area contributed by atoms with Gasteiger partial charge >= 0.3 is 6.18 Å². The fourth-order valence-electron chi connectivity index (χ4n) is 3.01. The second-order valence-corrected chi connectivity index (χ2v) is 7.06. The zero-order chi connectivity index (χ0) is 19.0. The highest BCUT2D eigenvalue weighted by atomic mass is 32.1. The van der Waals surface area contributed by atoms with Gasteiger partial charge in [-0.15, -0.1) is 0 Å². The standard InChI is InChI=1S/C20H13F3N2OS/c21-20(22,23)15-9-4-10-16-18(15)25-19(27-16)24-17(26)11-13-7-3-6-12-5-1-2-8-14(12)13/h1-10H,11H2,(H,24,25,26). The quantitative estimate of drug-likeness (QED) is 0.494. The molecule has 0 unspecified atom stereocenters. The number of thiazole rings is 1. The Labute approximate surface area is 156 Å². The number of aromatic nitrogens is 1. The van der Waals surface area contributed by atoms with E-state index in [0.717, 1.165) is 33.7 Å². The minimum atomic E-state index is -4.49. The molecule has 0 aliphatic carbocycles. The smallest absolute Gasteiger partial charge is 0.302 e. The first-order valence-corrected chi connectivity index (χ1v) is 8.97. The van der Waals surface area contributed by atoms with Gasteiger partial charge in [-0.05, 0) is 28.5 Å². The van der Waals surface area contributed by atoms with Gasteiger partial charge in [0.2, 0.25) is 5.91 Å². The summed E-state index contributed by atoms with van der Waals surface area (Å²) in [5.74, 6) is -0.320. The predicted molar refractivity (Wildman–Crippen MR) is 101 cm³/mol. The molecule has 4 aromatic rings. The van der Waals surface area contributed by atoms with E-state index in [4.69, 9.17) is 0 Å². The SMILES string of the molecule is O=C(Cc1cccc2ccccc12)Nc1nc2c(C(F)(F)F)cccc2s1. The average Bonchev–Trinajstić information content (AvgIpc) is 3.03. The van der Waals surface area contributed by atoms with Crippen molar-refractivity contribution in [2.45, 2.75) is 12.6 Å². The normalized spacial score (nSPS) is 11.8. The van der Waals surface area contributed by atoms with Crippen molar-refractivity contribution in [2.75, 3.05) is 5.32 Å². The zero-order valence-corrected chi connectivity index (χ0v) is 14.7. The number of carbonyl (C=O) groups excluding carboxylic acids is 1. The zero-order valence-electron chi connectivity index (χ0n) is 13.9. The first-order chi connectivity index (χ1) is 12.9. The highest BCUT2D eigenvalue weighted by Gasteiger charge is 2.33. The molecule has 0 bridgehead atoms. The Morgan fingerprint density at radius 3 is 2.56 bits per heavy atom. The molecule has 136 valence electrons. The number of anilines is 1. The van der Waals surface area contributed by atoms with Crippen LogP contribution in [-0.2, 0) is 17.4 Å². The Morgan fingerprint density at radius 1 is 1.00 bits per heavy atom. The largest absolute Gasteiger partial charge is 0.418 e. The van der Waals surface area contributed by atoms with E-state index in [1.807, 2.05) is 42.5 Å². The number of hydrogen-bond acceptors (Lipinski definition) is 3. The Bertz CT molecular complexity index is 1150. The number of fused-ring (bicyclic) bond motifs is 2. The number of para-hydroxylation sites is 1. The molecule has 1 N–H and O–H groups in total. The van der Waals surface area contributed by atoms with Crippen molar-refractivity contribution in [1.82, 2.24) is 4.98 Å². The molecule has 0 saturated heterocycles. The van der Waals surface area contributed by atoms with Crippen molar-refractivity contribution in [3.8, 4) is 0 Å². The highest BCUT2D eigenvalue weighted by molar-refractivity contribution is 7.22. The Morgan fingerprint density at radius 2 is 1.74 bits per heavy atom. The van der Waals surface area contributed by atoms with Crippen molar-refractivity contribution >= 4 is 43.4 Å². The molecule has 3 aromatic carbocycles. The van der Waals surface area contributed by atoms with Crippen LogP contribution in [0.5, 0.6) is 0 Å². The van der Waals surface area contributed by atoms with E-state index in [-0.39, 0.29) is 23.0 Å². The minimum absolute atomic E-state index is 0.114. The summed E-state index contributed by atoms with van der Waals surface area (Å²) in [5, 5.41) is 4.78. The maximum absolute atomic E-state index is 13.1. The van der Waals surface area contributed by atoms with Gasteiger partial charge in [0.1, 0.15) is 0 Å². The summed E-state index contributed by atoms with van der Waals surface area (Å²) in [6, 6.07) is 17.3. The number of hydrogen-bond donors (Lipinski definition) is 1. The fourth-order valence-corrected chi connectivity index (χ4v) is 3.92. The number of nitrogens with zero attached hydrogens (tertiary/aromatic N) is 1. The van der Waals surface area contributed by atoms with Crippen LogP contribution >= 0.6 is 11.3 Å². The summed E-state index contributed by atoms with van der Waals surface area (Å²) in [4.78, 5) is 16.4. The molecule has 27 heavy (non-hydrogen) atoms. The summed E-state index contributed by atoms with van der Waals surface area (Å²) in [6.45, 7) is 0. The van der Waals surface area contributed by atoms with Crippen LogP contribution in [0.2, 0.25) is 0 Å². The molecule has 0 aliphatic rings. The van der Waals surface area contributed by atoms with Crippen LogP contribution in [0.3, 0.4) is 0 Å². The van der Waals surface area contributed by atoms with Gasteiger partial charge in [0.15, 0.2) is 5.13 Å². The lowest BCUT2D eigenvalue weighted by Gasteiger charge is -2.06. The second kappa shape index (κ2) is 6.66. The number of nitrogens with one attached hydrogen (secondary N) is 1. The van der Waals surface area contributed by atoms with Crippen LogP contribution in [0.25, 0.3) is 21.0 Å². The third-order valence-electron chi connectivity index (χ3n) is 4.20. The third-order valence-corrected chi connectivity index (χ3v) is 5.14. The van der Waals surface area contributed by atoms with Crippen LogP contribution < -0.4 is 5.32 Å². The van der Waals surface area contributed by atoms with Gasteiger partial charge in [0.05, 0.1) is 22.2 Å².